The lowest BCUT2D eigenvalue weighted by Crippen LogP contribution is -2.39. The molecule has 1 aromatic rings. The van der Waals surface area contributed by atoms with Crippen LogP contribution in [-0.4, -0.2) is 47.5 Å². The average molecular weight is 309 g/mol. The molecule has 1 unspecified atom stereocenters. The van der Waals surface area contributed by atoms with Crippen LogP contribution in [0.3, 0.4) is 0 Å². The van der Waals surface area contributed by atoms with Gasteiger partial charge in [0.25, 0.3) is 0 Å². The highest BCUT2D eigenvalue weighted by Gasteiger charge is 2.06. The Morgan fingerprint density at radius 2 is 2.00 bits per heavy atom. The van der Waals surface area contributed by atoms with E-state index in [0.29, 0.717) is 12.3 Å². The quantitative estimate of drug-likeness (QED) is 0.593. The number of hydrogen-bond acceptors (Lipinski definition) is 2. The number of nitrogens with zero attached hydrogens (tertiary/aromatic N) is 2. The third-order valence-corrected chi connectivity index (χ3v) is 4.44. The van der Waals surface area contributed by atoms with E-state index in [1.54, 1.807) is 0 Å². The molecule has 0 radical (unpaired) electrons. The predicted molar refractivity (Wildman–Crippen MR) is 91.2 cm³/mol. The number of aliphatic imine (C=N–C) groups is 1. The van der Waals surface area contributed by atoms with Crippen molar-refractivity contribution in [3.8, 4) is 0 Å². The van der Waals surface area contributed by atoms with E-state index in [0.717, 1.165) is 30.4 Å². The first kappa shape index (κ1) is 17.7. The van der Waals surface area contributed by atoms with Crippen molar-refractivity contribution in [1.29, 1.82) is 0 Å². The van der Waals surface area contributed by atoms with E-state index in [9.17, 15) is 4.21 Å². The molecule has 0 aliphatic heterocycles. The topological polar surface area (TPSA) is 44.7 Å². The lowest BCUT2D eigenvalue weighted by molar-refractivity contribution is 0.465. The molecule has 5 heteroatoms. The van der Waals surface area contributed by atoms with E-state index < -0.39 is 10.8 Å². The van der Waals surface area contributed by atoms with Gasteiger partial charge in [-0.3, -0.25) is 9.20 Å². The number of nitrogens with one attached hydrogen (secondary N) is 1. The molecule has 1 rings (SSSR count). The molecule has 0 aromatic heterocycles. The number of hydrogen-bond donors (Lipinski definition) is 1. The molecule has 0 fully saturated rings. The Hall–Kier alpha value is -1.36. The van der Waals surface area contributed by atoms with Crippen molar-refractivity contribution >= 4 is 16.8 Å². The molecule has 0 saturated heterocycles. The van der Waals surface area contributed by atoms with Crippen LogP contribution in [-0.2, 0) is 10.8 Å². The number of benzene rings is 1. The smallest absolute Gasteiger partial charge is 0.193 e. The third kappa shape index (κ3) is 6.76. The first-order valence-electron chi connectivity index (χ1n) is 7.61. The minimum Gasteiger partial charge on any atom is -0.357 e. The van der Waals surface area contributed by atoms with Crippen LogP contribution in [0.15, 0.2) is 40.2 Å². The second-order valence-electron chi connectivity index (χ2n) is 4.87. The number of guanidine groups is 1. The summed E-state index contributed by atoms with van der Waals surface area (Å²) in [5.74, 6) is 1.46. The largest absolute Gasteiger partial charge is 0.357 e. The van der Waals surface area contributed by atoms with E-state index in [-0.39, 0.29) is 0 Å². The van der Waals surface area contributed by atoms with E-state index >= 15 is 0 Å². The monoisotopic (exact) mass is 309 g/mol. The van der Waals surface area contributed by atoms with Gasteiger partial charge in [-0.2, -0.15) is 0 Å². The molecule has 0 saturated carbocycles. The van der Waals surface area contributed by atoms with Gasteiger partial charge in [0.15, 0.2) is 5.96 Å². The first-order chi connectivity index (χ1) is 10.2. The summed E-state index contributed by atoms with van der Waals surface area (Å²) >= 11 is 0. The molecule has 0 spiro atoms. The van der Waals surface area contributed by atoms with Gasteiger partial charge in [0.1, 0.15) is 0 Å². The lowest BCUT2D eigenvalue weighted by atomic mass is 10.3. The number of unbranched alkanes of at least 4 members (excludes halogenated alkanes) is 1. The van der Waals surface area contributed by atoms with Gasteiger partial charge in [0, 0.05) is 30.8 Å². The van der Waals surface area contributed by atoms with Crippen LogP contribution in [0.5, 0.6) is 0 Å². The maximum Gasteiger partial charge on any atom is 0.193 e. The minimum atomic E-state index is -0.976. The highest BCUT2D eigenvalue weighted by Crippen LogP contribution is 2.05. The summed E-state index contributed by atoms with van der Waals surface area (Å²) in [6.07, 6.45) is 2.32. The van der Waals surface area contributed by atoms with Gasteiger partial charge in [-0.05, 0) is 25.5 Å². The summed E-state index contributed by atoms with van der Waals surface area (Å²) in [4.78, 5) is 7.58. The summed E-state index contributed by atoms with van der Waals surface area (Å²) in [6, 6.07) is 9.57. The van der Waals surface area contributed by atoms with Crippen LogP contribution in [0.2, 0.25) is 0 Å². The fraction of sp³-hybridized carbons (Fsp3) is 0.562. The summed E-state index contributed by atoms with van der Waals surface area (Å²) in [5.41, 5.74) is 0. The number of rotatable bonds is 8. The van der Waals surface area contributed by atoms with Crippen molar-refractivity contribution < 1.29 is 4.21 Å². The fourth-order valence-electron chi connectivity index (χ4n) is 1.90. The SMILES string of the molecule is CCCCN(C)C(=NCCS(=O)c1ccccc1)NCC. The maximum atomic E-state index is 12.1. The van der Waals surface area contributed by atoms with Crippen molar-refractivity contribution in [1.82, 2.24) is 10.2 Å². The maximum absolute atomic E-state index is 12.1. The van der Waals surface area contributed by atoms with Crippen molar-refractivity contribution in [3.63, 3.8) is 0 Å². The van der Waals surface area contributed by atoms with Crippen molar-refractivity contribution in [2.45, 2.75) is 31.6 Å². The van der Waals surface area contributed by atoms with Gasteiger partial charge in [-0.15, -0.1) is 0 Å². The van der Waals surface area contributed by atoms with Crippen molar-refractivity contribution in [3.05, 3.63) is 30.3 Å². The second-order valence-corrected chi connectivity index (χ2v) is 6.44. The first-order valence-corrected chi connectivity index (χ1v) is 8.93. The molecule has 0 amide bonds. The van der Waals surface area contributed by atoms with Crippen LogP contribution in [0.1, 0.15) is 26.7 Å². The van der Waals surface area contributed by atoms with Crippen LogP contribution in [0.4, 0.5) is 0 Å². The van der Waals surface area contributed by atoms with Gasteiger partial charge in [0.05, 0.1) is 17.3 Å². The molecule has 1 N–H and O–H groups in total. The zero-order valence-corrected chi connectivity index (χ0v) is 14.2. The molecule has 4 nitrogen and oxygen atoms in total. The summed E-state index contributed by atoms with van der Waals surface area (Å²) in [7, 11) is 1.07. The molecule has 0 bridgehead atoms. The highest BCUT2D eigenvalue weighted by molar-refractivity contribution is 7.85. The fourth-order valence-corrected chi connectivity index (χ4v) is 2.85. The molecular weight excluding hydrogens is 282 g/mol. The second kappa shape index (κ2) is 10.4. The summed E-state index contributed by atoms with van der Waals surface area (Å²) < 4.78 is 12.1. The van der Waals surface area contributed by atoms with Crippen LogP contribution in [0, 0.1) is 0 Å². The molecule has 0 aliphatic carbocycles. The molecular formula is C16H27N3OS. The van der Waals surface area contributed by atoms with Crippen LogP contribution in [0.25, 0.3) is 0 Å². The summed E-state index contributed by atoms with van der Waals surface area (Å²) in [6.45, 7) is 6.65. The van der Waals surface area contributed by atoms with Gasteiger partial charge in [0.2, 0.25) is 0 Å². The van der Waals surface area contributed by atoms with E-state index in [2.05, 4.69) is 29.1 Å². The van der Waals surface area contributed by atoms with Crippen molar-refractivity contribution in [2.75, 3.05) is 32.4 Å². The van der Waals surface area contributed by atoms with E-state index in [4.69, 9.17) is 0 Å². The van der Waals surface area contributed by atoms with E-state index in [1.807, 2.05) is 37.4 Å². The Morgan fingerprint density at radius 1 is 1.29 bits per heavy atom. The normalized spacial score (nSPS) is 13.0. The van der Waals surface area contributed by atoms with Gasteiger partial charge < -0.3 is 10.2 Å². The highest BCUT2D eigenvalue weighted by atomic mass is 32.2. The molecule has 0 heterocycles. The molecule has 118 valence electrons. The van der Waals surface area contributed by atoms with Gasteiger partial charge in [-0.1, -0.05) is 31.5 Å². The van der Waals surface area contributed by atoms with Crippen LogP contribution >= 0.6 is 0 Å². The Morgan fingerprint density at radius 3 is 2.62 bits per heavy atom. The Labute approximate surface area is 131 Å². The minimum absolute atomic E-state index is 0.556. The zero-order chi connectivity index (χ0) is 15.5. The van der Waals surface area contributed by atoms with Gasteiger partial charge >= 0.3 is 0 Å². The van der Waals surface area contributed by atoms with Gasteiger partial charge in [-0.25, -0.2) is 0 Å². The lowest BCUT2D eigenvalue weighted by Gasteiger charge is -2.21. The Kier molecular flexibility index (Phi) is 8.74. The third-order valence-electron chi connectivity index (χ3n) is 3.09. The molecule has 0 aliphatic rings. The van der Waals surface area contributed by atoms with Crippen molar-refractivity contribution in [2.24, 2.45) is 4.99 Å². The van der Waals surface area contributed by atoms with E-state index in [1.165, 1.54) is 6.42 Å². The molecule has 21 heavy (non-hydrogen) atoms. The molecule has 1 atom stereocenters. The average Bonchev–Trinajstić information content (AvgIpc) is 2.52. The Bertz CT molecular complexity index is 448. The summed E-state index contributed by atoms with van der Waals surface area (Å²) in [5, 5.41) is 3.28. The standard InChI is InChI=1S/C16H27N3OS/c1-4-6-13-19(3)16(17-5-2)18-12-14-21(20)15-10-8-7-9-11-15/h7-11H,4-6,12-14H2,1-3H3,(H,17,18). The zero-order valence-electron chi connectivity index (χ0n) is 13.3. The Balaban J connectivity index is 2.52. The van der Waals surface area contributed by atoms with Crippen LogP contribution < -0.4 is 5.32 Å². The molecule has 1 aromatic carbocycles. The predicted octanol–water partition coefficient (Wildman–Crippen LogP) is 2.49.